The normalized spacial score (nSPS) is 26.1. The maximum atomic E-state index is 12.5. The van der Waals surface area contributed by atoms with Gasteiger partial charge in [0, 0.05) is 63.0 Å². The van der Waals surface area contributed by atoms with E-state index in [2.05, 4.69) is 11.0 Å². The molecular weight excluding hydrogens is 338 g/mol. The number of carbonyl (C=O) groups excluding carboxylic acids is 1. The van der Waals surface area contributed by atoms with E-state index in [1.807, 2.05) is 28.7 Å². The number of fused-ring (bicyclic) bond motifs is 4. The molecule has 2 fully saturated rings. The highest BCUT2D eigenvalue weighted by Gasteiger charge is 2.33. The lowest BCUT2D eigenvalue weighted by atomic mass is 9.83. The molecule has 1 aromatic heterocycles. The molecule has 5 nitrogen and oxygen atoms in total. The van der Waals surface area contributed by atoms with Crippen molar-refractivity contribution in [3.63, 3.8) is 0 Å². The van der Waals surface area contributed by atoms with Crippen LogP contribution in [-0.4, -0.2) is 53.0 Å². The Kier molecular flexibility index (Phi) is 5.48. The molecule has 5 heteroatoms. The second-order valence-corrected chi connectivity index (χ2v) is 8.56. The second kappa shape index (κ2) is 8.01. The number of hydrogen-bond acceptors (Lipinski definition) is 3. The van der Waals surface area contributed by atoms with E-state index < -0.39 is 0 Å². The van der Waals surface area contributed by atoms with Crippen LogP contribution in [-0.2, 0) is 11.3 Å². The lowest BCUT2D eigenvalue weighted by Gasteiger charge is -2.42. The molecule has 0 spiro atoms. The summed E-state index contributed by atoms with van der Waals surface area (Å²) in [5.74, 6) is 1.10. The van der Waals surface area contributed by atoms with E-state index in [4.69, 9.17) is 0 Å². The van der Waals surface area contributed by atoms with Gasteiger partial charge in [-0.3, -0.25) is 14.5 Å². The van der Waals surface area contributed by atoms with Crippen molar-refractivity contribution in [1.29, 1.82) is 0 Å². The van der Waals surface area contributed by atoms with E-state index in [1.54, 1.807) is 12.1 Å². The van der Waals surface area contributed by atoms with Gasteiger partial charge in [-0.1, -0.05) is 31.4 Å². The molecule has 3 aliphatic rings. The third-order valence-electron chi connectivity index (χ3n) is 6.65. The van der Waals surface area contributed by atoms with E-state index in [0.29, 0.717) is 17.9 Å². The molecule has 1 aliphatic carbocycles. The van der Waals surface area contributed by atoms with Gasteiger partial charge in [0.2, 0.25) is 5.91 Å². The molecule has 2 bridgehead atoms. The Bertz CT molecular complexity index is 763. The molecule has 2 atom stereocenters. The summed E-state index contributed by atoms with van der Waals surface area (Å²) in [4.78, 5) is 28.9. The molecule has 1 saturated carbocycles. The zero-order chi connectivity index (χ0) is 18.8. The summed E-state index contributed by atoms with van der Waals surface area (Å²) in [6, 6.07) is 6.07. The maximum Gasteiger partial charge on any atom is 0.250 e. The Labute approximate surface area is 161 Å². The predicted molar refractivity (Wildman–Crippen MR) is 107 cm³/mol. The van der Waals surface area contributed by atoms with Crippen molar-refractivity contribution in [3.8, 4) is 0 Å². The Balaban J connectivity index is 1.34. The van der Waals surface area contributed by atoms with Gasteiger partial charge in [-0.2, -0.15) is 0 Å². The van der Waals surface area contributed by atoms with Crippen molar-refractivity contribution in [1.82, 2.24) is 14.4 Å². The van der Waals surface area contributed by atoms with Crippen LogP contribution >= 0.6 is 0 Å². The largest absolute Gasteiger partial charge is 0.339 e. The number of likely N-dealkylation sites (N-methyl/N-ethyl adjacent to an activating group) is 1. The number of pyridine rings is 1. The summed E-state index contributed by atoms with van der Waals surface area (Å²) >= 11 is 0. The number of piperidine rings is 1. The quantitative estimate of drug-likeness (QED) is 0.767. The first-order valence-corrected chi connectivity index (χ1v) is 10.5. The molecule has 27 heavy (non-hydrogen) atoms. The van der Waals surface area contributed by atoms with E-state index in [0.717, 1.165) is 39.0 Å². The average molecular weight is 370 g/mol. The fourth-order valence-electron chi connectivity index (χ4n) is 5.21. The van der Waals surface area contributed by atoms with Crippen LogP contribution in [0, 0.1) is 5.92 Å². The number of nitrogens with zero attached hydrogens (tertiary/aromatic N) is 3. The van der Waals surface area contributed by atoms with Gasteiger partial charge in [0.05, 0.1) is 0 Å². The van der Waals surface area contributed by atoms with Gasteiger partial charge in [0.25, 0.3) is 5.56 Å². The van der Waals surface area contributed by atoms with Gasteiger partial charge >= 0.3 is 0 Å². The van der Waals surface area contributed by atoms with E-state index in [-0.39, 0.29) is 11.5 Å². The molecule has 3 heterocycles. The Morgan fingerprint density at radius 3 is 2.81 bits per heavy atom. The zero-order valence-corrected chi connectivity index (χ0v) is 16.3. The van der Waals surface area contributed by atoms with Gasteiger partial charge in [0.15, 0.2) is 0 Å². The standard InChI is InChI=1S/C22H31N3O2/c1-23(19-7-3-2-4-8-19)21(26)11-6-12-24-14-17-13-18(16-24)20-9-5-10-22(27)25(20)15-17/h5-6,9-11,17-19H,2-4,7-8,12-16H2,1H3/b11-6+/t17-,18+/m0/s1. The SMILES string of the molecule is CN(C(=O)/C=C/CN1C[C@@H]2C[C@H](C1)c1cccc(=O)n1C2)C1CCCCC1. The average Bonchev–Trinajstić information content (AvgIpc) is 2.69. The topological polar surface area (TPSA) is 45.6 Å². The van der Waals surface area contributed by atoms with Gasteiger partial charge < -0.3 is 9.47 Å². The fraction of sp³-hybridized carbons (Fsp3) is 0.636. The second-order valence-electron chi connectivity index (χ2n) is 8.56. The number of aromatic nitrogens is 1. The lowest BCUT2D eigenvalue weighted by molar-refractivity contribution is -0.127. The van der Waals surface area contributed by atoms with Crippen LogP contribution in [0.5, 0.6) is 0 Å². The monoisotopic (exact) mass is 369 g/mol. The molecule has 0 unspecified atom stereocenters. The molecule has 1 amide bonds. The summed E-state index contributed by atoms with van der Waals surface area (Å²) in [6.45, 7) is 3.62. The van der Waals surface area contributed by atoms with Crippen LogP contribution in [0.1, 0.15) is 50.1 Å². The maximum absolute atomic E-state index is 12.5. The highest BCUT2D eigenvalue weighted by atomic mass is 16.2. The first-order valence-electron chi connectivity index (χ1n) is 10.5. The Morgan fingerprint density at radius 2 is 2.00 bits per heavy atom. The van der Waals surface area contributed by atoms with Crippen molar-refractivity contribution in [2.24, 2.45) is 5.92 Å². The molecular formula is C22H31N3O2. The molecule has 146 valence electrons. The number of rotatable bonds is 4. The summed E-state index contributed by atoms with van der Waals surface area (Å²) < 4.78 is 1.97. The molecule has 2 aliphatic heterocycles. The molecule has 0 radical (unpaired) electrons. The van der Waals surface area contributed by atoms with Crippen molar-refractivity contribution >= 4 is 5.91 Å². The number of carbonyl (C=O) groups is 1. The van der Waals surface area contributed by atoms with Gasteiger partial charge in [0.1, 0.15) is 0 Å². The summed E-state index contributed by atoms with van der Waals surface area (Å²) in [5.41, 5.74) is 1.31. The van der Waals surface area contributed by atoms with Crippen LogP contribution in [0.2, 0.25) is 0 Å². The minimum atomic E-state index is 0.131. The van der Waals surface area contributed by atoms with Crippen molar-refractivity contribution in [2.45, 2.75) is 57.0 Å². The highest BCUT2D eigenvalue weighted by molar-refractivity contribution is 5.87. The molecule has 4 rings (SSSR count). The molecule has 0 N–H and O–H groups in total. The predicted octanol–water partition coefficient (Wildman–Crippen LogP) is 2.61. The Hall–Kier alpha value is -1.88. The van der Waals surface area contributed by atoms with Crippen LogP contribution in [0.25, 0.3) is 0 Å². The van der Waals surface area contributed by atoms with Gasteiger partial charge in [-0.25, -0.2) is 0 Å². The third kappa shape index (κ3) is 4.03. The van der Waals surface area contributed by atoms with Crippen LogP contribution in [0.3, 0.4) is 0 Å². The number of hydrogen-bond donors (Lipinski definition) is 0. The van der Waals surface area contributed by atoms with Crippen molar-refractivity contribution in [2.75, 3.05) is 26.7 Å². The van der Waals surface area contributed by atoms with E-state index >= 15 is 0 Å². The van der Waals surface area contributed by atoms with Crippen molar-refractivity contribution < 1.29 is 4.79 Å². The van der Waals surface area contributed by atoms with Crippen LogP contribution in [0.4, 0.5) is 0 Å². The first kappa shape index (κ1) is 18.5. The number of likely N-dealkylation sites (tertiary alicyclic amines) is 1. The van der Waals surface area contributed by atoms with Gasteiger partial charge in [-0.15, -0.1) is 0 Å². The zero-order valence-electron chi connectivity index (χ0n) is 16.3. The summed E-state index contributed by atoms with van der Waals surface area (Å²) in [5, 5.41) is 0. The number of amides is 1. The lowest BCUT2D eigenvalue weighted by Crippen LogP contribution is -2.47. The Morgan fingerprint density at radius 1 is 1.19 bits per heavy atom. The van der Waals surface area contributed by atoms with Gasteiger partial charge in [-0.05, 0) is 31.2 Å². The van der Waals surface area contributed by atoms with E-state index in [1.165, 1.54) is 31.4 Å². The minimum Gasteiger partial charge on any atom is -0.339 e. The summed E-state index contributed by atoms with van der Waals surface area (Å²) in [6.07, 6.45) is 11.0. The van der Waals surface area contributed by atoms with Crippen LogP contribution in [0.15, 0.2) is 35.1 Å². The smallest absolute Gasteiger partial charge is 0.250 e. The molecule has 1 aromatic rings. The minimum absolute atomic E-state index is 0.131. The molecule has 0 aromatic carbocycles. The van der Waals surface area contributed by atoms with Crippen LogP contribution < -0.4 is 5.56 Å². The third-order valence-corrected chi connectivity index (χ3v) is 6.65. The first-order chi connectivity index (χ1) is 13.1. The molecule has 1 saturated heterocycles. The highest BCUT2D eigenvalue weighted by Crippen LogP contribution is 2.34. The van der Waals surface area contributed by atoms with E-state index in [9.17, 15) is 9.59 Å². The summed E-state index contributed by atoms with van der Waals surface area (Å²) in [7, 11) is 1.95. The van der Waals surface area contributed by atoms with Crippen molar-refractivity contribution in [3.05, 3.63) is 46.4 Å². The fourth-order valence-corrected chi connectivity index (χ4v) is 5.21.